The molecule has 6 nitrogen and oxygen atoms in total. The number of aromatic nitrogens is 2. The first-order valence-corrected chi connectivity index (χ1v) is 7.36. The topological polar surface area (TPSA) is 61.4 Å². The van der Waals surface area contributed by atoms with Gasteiger partial charge in [-0.3, -0.25) is 4.79 Å². The van der Waals surface area contributed by atoms with Gasteiger partial charge >= 0.3 is 0 Å². The summed E-state index contributed by atoms with van der Waals surface area (Å²) >= 11 is 0. The van der Waals surface area contributed by atoms with E-state index in [1.807, 2.05) is 6.07 Å². The molecule has 1 N–H and O–H groups in total. The van der Waals surface area contributed by atoms with E-state index in [1.54, 1.807) is 11.0 Å². The Labute approximate surface area is 124 Å². The maximum Gasteiger partial charge on any atom is 0.275 e. The normalized spacial score (nSPS) is 22.1. The molecule has 1 amide bonds. The molecule has 6 heteroatoms. The summed E-state index contributed by atoms with van der Waals surface area (Å²) < 4.78 is 0. The van der Waals surface area contributed by atoms with E-state index in [0.717, 1.165) is 44.8 Å². The van der Waals surface area contributed by atoms with Crippen LogP contribution in [0.15, 0.2) is 12.1 Å². The minimum Gasteiger partial charge on any atom is -0.353 e. The monoisotopic (exact) mass is 285 g/mol. The highest BCUT2D eigenvalue weighted by molar-refractivity contribution is 5.92. The Morgan fingerprint density at radius 2 is 2.10 bits per heavy atom. The summed E-state index contributed by atoms with van der Waals surface area (Å²) in [5, 5.41) is 11.6. The molecule has 1 aromatic heterocycles. The van der Waals surface area contributed by atoms with Gasteiger partial charge in [0.15, 0.2) is 11.5 Å². The number of nitrogens with zero attached hydrogens (tertiary/aromatic N) is 4. The zero-order valence-electron chi connectivity index (χ0n) is 12.0. The lowest BCUT2D eigenvalue weighted by Gasteiger charge is -2.28. The minimum atomic E-state index is -0.116. The van der Waals surface area contributed by atoms with Crippen molar-refractivity contribution in [2.24, 2.45) is 0 Å². The van der Waals surface area contributed by atoms with Crippen LogP contribution in [-0.4, -0.2) is 59.8 Å². The third-order valence-corrected chi connectivity index (χ3v) is 4.02. The van der Waals surface area contributed by atoms with Crippen molar-refractivity contribution in [1.82, 2.24) is 20.4 Å². The van der Waals surface area contributed by atoms with Crippen LogP contribution in [0.2, 0.25) is 0 Å². The van der Waals surface area contributed by atoms with E-state index >= 15 is 0 Å². The minimum absolute atomic E-state index is 0.104. The summed E-state index contributed by atoms with van der Waals surface area (Å²) in [5.74, 6) is 3.38. The standard InChI is InChI=1S/C15H19N5O/c1-2-12-4-3-9-20(12)15(21)13-5-6-14(18-17-13)19-10-7-16-8-11-19/h1,5-6,12,16H,3-4,7-11H2. The molecule has 0 saturated carbocycles. The number of nitrogens with one attached hydrogen (secondary N) is 1. The van der Waals surface area contributed by atoms with Crippen LogP contribution in [0.4, 0.5) is 5.82 Å². The molecule has 1 unspecified atom stereocenters. The van der Waals surface area contributed by atoms with Gasteiger partial charge in [-0.1, -0.05) is 5.92 Å². The largest absolute Gasteiger partial charge is 0.353 e. The summed E-state index contributed by atoms with van der Waals surface area (Å²) in [7, 11) is 0. The molecule has 0 bridgehead atoms. The summed E-state index contributed by atoms with van der Waals surface area (Å²) in [4.78, 5) is 16.3. The van der Waals surface area contributed by atoms with Crippen LogP contribution in [0, 0.1) is 12.3 Å². The number of anilines is 1. The lowest BCUT2D eigenvalue weighted by molar-refractivity contribution is 0.0759. The lowest BCUT2D eigenvalue weighted by atomic mass is 10.2. The van der Waals surface area contributed by atoms with Crippen molar-refractivity contribution in [3.8, 4) is 12.3 Å². The molecule has 3 rings (SSSR count). The molecule has 3 heterocycles. The van der Waals surface area contributed by atoms with Crippen molar-refractivity contribution in [2.45, 2.75) is 18.9 Å². The third-order valence-electron chi connectivity index (χ3n) is 4.02. The van der Waals surface area contributed by atoms with Gasteiger partial charge in [-0.05, 0) is 25.0 Å². The first kappa shape index (κ1) is 13.8. The summed E-state index contributed by atoms with van der Waals surface area (Å²) in [6, 6.07) is 3.51. The number of amides is 1. The third kappa shape index (κ3) is 2.83. The Balaban J connectivity index is 1.71. The highest BCUT2D eigenvalue weighted by Crippen LogP contribution is 2.19. The molecule has 21 heavy (non-hydrogen) atoms. The molecule has 0 radical (unpaired) electrons. The number of rotatable bonds is 2. The quantitative estimate of drug-likeness (QED) is 0.782. The molecule has 1 atom stereocenters. The van der Waals surface area contributed by atoms with E-state index in [0.29, 0.717) is 12.2 Å². The Bertz CT molecular complexity index is 544. The van der Waals surface area contributed by atoms with Crippen molar-refractivity contribution in [1.29, 1.82) is 0 Å². The smallest absolute Gasteiger partial charge is 0.275 e. The average molecular weight is 285 g/mol. The van der Waals surface area contributed by atoms with Gasteiger partial charge in [0.1, 0.15) is 0 Å². The van der Waals surface area contributed by atoms with Crippen molar-refractivity contribution in [2.75, 3.05) is 37.6 Å². The lowest BCUT2D eigenvalue weighted by Crippen LogP contribution is -2.44. The molecule has 2 aliphatic rings. The molecule has 110 valence electrons. The van der Waals surface area contributed by atoms with E-state index in [9.17, 15) is 4.79 Å². The SMILES string of the molecule is C#CC1CCCN1C(=O)c1ccc(N2CCNCC2)nn1. The van der Waals surface area contributed by atoms with Crippen LogP contribution in [0.3, 0.4) is 0 Å². The molecule has 1 aromatic rings. The van der Waals surface area contributed by atoms with Crippen molar-refractivity contribution >= 4 is 11.7 Å². The molecular weight excluding hydrogens is 266 g/mol. The summed E-state index contributed by atoms with van der Waals surface area (Å²) in [6.45, 7) is 4.41. The molecule has 2 saturated heterocycles. The first-order chi connectivity index (χ1) is 10.3. The number of piperazine rings is 1. The Kier molecular flexibility index (Phi) is 4.02. The second kappa shape index (κ2) is 6.10. The number of likely N-dealkylation sites (tertiary alicyclic amines) is 1. The fraction of sp³-hybridized carbons (Fsp3) is 0.533. The zero-order valence-corrected chi connectivity index (χ0v) is 12.0. The molecule has 2 fully saturated rings. The number of carbonyl (C=O) groups is 1. The van der Waals surface area contributed by atoms with Crippen LogP contribution in [0.25, 0.3) is 0 Å². The van der Waals surface area contributed by atoms with Crippen LogP contribution < -0.4 is 10.2 Å². The van der Waals surface area contributed by atoms with Crippen molar-refractivity contribution < 1.29 is 4.79 Å². The van der Waals surface area contributed by atoms with Gasteiger partial charge in [0.25, 0.3) is 5.91 Å². The van der Waals surface area contributed by atoms with Crippen LogP contribution in [0.1, 0.15) is 23.3 Å². The van der Waals surface area contributed by atoms with Crippen LogP contribution in [0.5, 0.6) is 0 Å². The van der Waals surface area contributed by atoms with Crippen molar-refractivity contribution in [3.63, 3.8) is 0 Å². The van der Waals surface area contributed by atoms with E-state index in [-0.39, 0.29) is 11.9 Å². The number of terminal acetylenes is 1. The van der Waals surface area contributed by atoms with E-state index in [2.05, 4.69) is 26.3 Å². The number of hydrogen-bond acceptors (Lipinski definition) is 5. The van der Waals surface area contributed by atoms with Gasteiger partial charge in [0.2, 0.25) is 0 Å². The Hall–Kier alpha value is -2.13. The van der Waals surface area contributed by atoms with E-state index < -0.39 is 0 Å². The molecular formula is C15H19N5O. The van der Waals surface area contributed by atoms with Gasteiger partial charge < -0.3 is 15.1 Å². The van der Waals surface area contributed by atoms with E-state index in [4.69, 9.17) is 6.42 Å². The highest BCUT2D eigenvalue weighted by Gasteiger charge is 2.29. The van der Waals surface area contributed by atoms with Crippen LogP contribution >= 0.6 is 0 Å². The fourth-order valence-corrected chi connectivity index (χ4v) is 2.83. The second-order valence-corrected chi connectivity index (χ2v) is 5.34. The molecule has 2 aliphatic heterocycles. The Morgan fingerprint density at radius 3 is 2.76 bits per heavy atom. The maximum atomic E-state index is 12.4. The van der Waals surface area contributed by atoms with Gasteiger partial charge in [-0.15, -0.1) is 16.6 Å². The fourth-order valence-electron chi connectivity index (χ4n) is 2.83. The predicted molar refractivity (Wildman–Crippen MR) is 80.0 cm³/mol. The van der Waals surface area contributed by atoms with Crippen molar-refractivity contribution in [3.05, 3.63) is 17.8 Å². The zero-order chi connectivity index (χ0) is 14.7. The first-order valence-electron chi connectivity index (χ1n) is 7.36. The average Bonchev–Trinajstić information content (AvgIpc) is 3.04. The maximum absolute atomic E-state index is 12.4. The van der Waals surface area contributed by atoms with Crippen LogP contribution in [-0.2, 0) is 0 Å². The summed E-state index contributed by atoms with van der Waals surface area (Å²) in [6.07, 6.45) is 7.29. The second-order valence-electron chi connectivity index (χ2n) is 5.34. The van der Waals surface area contributed by atoms with Gasteiger partial charge in [0, 0.05) is 32.7 Å². The molecule has 0 spiro atoms. The van der Waals surface area contributed by atoms with Gasteiger partial charge in [-0.25, -0.2) is 0 Å². The molecule has 0 aliphatic carbocycles. The predicted octanol–water partition coefficient (Wildman–Crippen LogP) is 0.124. The van der Waals surface area contributed by atoms with Gasteiger partial charge in [-0.2, -0.15) is 0 Å². The number of carbonyl (C=O) groups excluding carboxylic acids is 1. The van der Waals surface area contributed by atoms with E-state index in [1.165, 1.54) is 0 Å². The summed E-state index contributed by atoms with van der Waals surface area (Å²) in [5.41, 5.74) is 0.371. The molecule has 0 aromatic carbocycles. The number of hydrogen-bond donors (Lipinski definition) is 1. The van der Waals surface area contributed by atoms with Gasteiger partial charge in [0.05, 0.1) is 6.04 Å². The highest BCUT2D eigenvalue weighted by atomic mass is 16.2. The Morgan fingerprint density at radius 1 is 1.29 bits per heavy atom.